The van der Waals surface area contributed by atoms with Crippen molar-refractivity contribution in [2.45, 2.75) is 37.5 Å². The number of aliphatic hydroxyl groups excluding tert-OH is 1. The van der Waals surface area contributed by atoms with Crippen LogP contribution in [0, 0.1) is 5.92 Å². The molecule has 2 fully saturated rings. The zero-order valence-electron chi connectivity index (χ0n) is 16.3. The summed E-state index contributed by atoms with van der Waals surface area (Å²) in [4.78, 5) is 26.6. The topological polar surface area (TPSA) is 73.3 Å². The molecule has 3 aliphatic heterocycles. The molecular formula is C21H27N3O4. The number of hydrazine groups is 1. The fraction of sp³-hybridized carbons (Fsp3) is 0.524. The number of carbonyl (C=O) groups is 2. The van der Waals surface area contributed by atoms with Gasteiger partial charge in [0.25, 0.3) is 0 Å². The molecule has 2 amide bonds. The monoisotopic (exact) mass is 385 g/mol. The summed E-state index contributed by atoms with van der Waals surface area (Å²) in [5.41, 5.74) is 0.751. The number of hydrogen-bond acceptors (Lipinski definition) is 6. The Labute approximate surface area is 165 Å². The highest BCUT2D eigenvalue weighted by Gasteiger charge is 2.53. The number of imide groups is 1. The van der Waals surface area contributed by atoms with E-state index in [0.717, 1.165) is 43.7 Å². The van der Waals surface area contributed by atoms with Crippen LogP contribution >= 0.6 is 0 Å². The summed E-state index contributed by atoms with van der Waals surface area (Å²) >= 11 is 0. The van der Waals surface area contributed by atoms with Gasteiger partial charge in [-0.05, 0) is 30.5 Å². The van der Waals surface area contributed by atoms with Gasteiger partial charge in [-0.15, -0.1) is 0 Å². The second-order valence-corrected chi connectivity index (χ2v) is 7.69. The molecule has 4 unspecified atom stereocenters. The van der Waals surface area contributed by atoms with Gasteiger partial charge in [-0.2, -0.15) is 0 Å². The van der Waals surface area contributed by atoms with Gasteiger partial charge in [0.15, 0.2) is 0 Å². The lowest BCUT2D eigenvalue weighted by molar-refractivity contribution is -0.155. The summed E-state index contributed by atoms with van der Waals surface area (Å²) < 4.78 is 5.20. The van der Waals surface area contributed by atoms with E-state index in [0.29, 0.717) is 0 Å². The van der Waals surface area contributed by atoms with Gasteiger partial charge in [0.1, 0.15) is 11.8 Å². The maximum atomic E-state index is 12.9. The Morgan fingerprint density at radius 1 is 1.04 bits per heavy atom. The number of fused-ring (bicyclic) bond motifs is 1. The maximum Gasteiger partial charge on any atom is 0.248 e. The number of ether oxygens (including phenoxy) is 1. The number of amides is 2. The summed E-state index contributed by atoms with van der Waals surface area (Å²) in [6.07, 6.45) is 6.11. The molecule has 0 bridgehead atoms. The minimum Gasteiger partial charge on any atom is -0.497 e. The first-order valence-corrected chi connectivity index (χ1v) is 9.88. The number of hydrogen-bond donors (Lipinski definition) is 1. The molecule has 0 aromatic heterocycles. The molecule has 0 saturated carbocycles. The van der Waals surface area contributed by atoms with Crippen molar-refractivity contribution in [2.24, 2.45) is 5.92 Å². The van der Waals surface area contributed by atoms with E-state index in [1.807, 2.05) is 35.4 Å². The van der Waals surface area contributed by atoms with Crippen LogP contribution in [0.3, 0.4) is 0 Å². The highest BCUT2D eigenvalue weighted by atomic mass is 16.5. The van der Waals surface area contributed by atoms with Crippen molar-refractivity contribution in [3.8, 4) is 5.75 Å². The predicted octanol–water partition coefficient (Wildman–Crippen LogP) is 1.35. The second kappa shape index (κ2) is 7.66. The lowest BCUT2D eigenvalue weighted by atomic mass is 9.90. The van der Waals surface area contributed by atoms with Crippen molar-refractivity contribution in [2.75, 3.05) is 27.2 Å². The van der Waals surface area contributed by atoms with E-state index < -0.39 is 24.1 Å². The van der Waals surface area contributed by atoms with Gasteiger partial charge in [0.05, 0.1) is 25.2 Å². The average Bonchev–Trinajstić information content (AvgIpc) is 2.97. The number of rotatable bonds is 4. The predicted molar refractivity (Wildman–Crippen MR) is 103 cm³/mol. The molecular weight excluding hydrogens is 358 g/mol. The second-order valence-electron chi connectivity index (χ2n) is 7.69. The molecule has 1 N–H and O–H groups in total. The van der Waals surface area contributed by atoms with Crippen LogP contribution in [-0.2, 0) is 9.59 Å². The van der Waals surface area contributed by atoms with Crippen LogP contribution in [0.1, 0.15) is 30.9 Å². The highest BCUT2D eigenvalue weighted by molar-refractivity contribution is 6.07. The van der Waals surface area contributed by atoms with E-state index in [2.05, 4.69) is 5.01 Å². The Balaban J connectivity index is 1.69. The van der Waals surface area contributed by atoms with E-state index in [1.165, 1.54) is 4.90 Å². The smallest absolute Gasteiger partial charge is 0.248 e. The third kappa shape index (κ3) is 3.13. The van der Waals surface area contributed by atoms with Gasteiger partial charge in [0.2, 0.25) is 11.8 Å². The summed E-state index contributed by atoms with van der Waals surface area (Å²) in [6, 6.07) is 6.32. The number of benzene rings is 1. The zero-order chi connectivity index (χ0) is 19.8. The molecule has 7 nitrogen and oxygen atoms in total. The molecule has 0 radical (unpaired) electrons. The molecule has 1 aromatic rings. The maximum absolute atomic E-state index is 12.9. The minimum absolute atomic E-state index is 0.175. The van der Waals surface area contributed by atoms with E-state index in [1.54, 1.807) is 20.2 Å². The summed E-state index contributed by atoms with van der Waals surface area (Å²) in [5, 5.41) is 15.3. The normalized spacial score (nSPS) is 29.8. The first kappa shape index (κ1) is 19.1. The fourth-order valence-corrected chi connectivity index (χ4v) is 4.51. The number of methoxy groups -OCH3 is 1. The Hall–Kier alpha value is -2.22. The number of piperidine rings is 1. The SMILES string of the molecule is COc1ccc(C(O)C2C=CC3C(=O)N(C)C(=O)C3N2N2CCCCC2)cc1. The van der Waals surface area contributed by atoms with Gasteiger partial charge in [-0.25, -0.2) is 10.0 Å². The number of nitrogens with zero attached hydrogens (tertiary/aromatic N) is 3. The first-order chi connectivity index (χ1) is 13.5. The number of aliphatic hydroxyl groups is 1. The van der Waals surface area contributed by atoms with E-state index >= 15 is 0 Å². The van der Waals surface area contributed by atoms with Crippen molar-refractivity contribution in [3.63, 3.8) is 0 Å². The molecule has 0 aliphatic carbocycles. The van der Waals surface area contributed by atoms with Gasteiger partial charge >= 0.3 is 0 Å². The van der Waals surface area contributed by atoms with Crippen molar-refractivity contribution in [1.29, 1.82) is 0 Å². The largest absolute Gasteiger partial charge is 0.497 e. The van der Waals surface area contributed by atoms with Crippen LogP contribution in [0.2, 0.25) is 0 Å². The highest BCUT2D eigenvalue weighted by Crippen LogP contribution is 2.37. The number of likely N-dealkylation sites (N-methyl/N-ethyl adjacent to an activating group) is 1. The lowest BCUT2D eigenvalue weighted by Gasteiger charge is -2.47. The van der Waals surface area contributed by atoms with Crippen LogP contribution < -0.4 is 4.74 Å². The average molecular weight is 385 g/mol. The van der Waals surface area contributed by atoms with Crippen molar-refractivity contribution in [3.05, 3.63) is 42.0 Å². The van der Waals surface area contributed by atoms with E-state index in [4.69, 9.17) is 4.74 Å². The van der Waals surface area contributed by atoms with Gasteiger partial charge in [-0.3, -0.25) is 14.5 Å². The zero-order valence-corrected chi connectivity index (χ0v) is 16.3. The molecule has 2 saturated heterocycles. The van der Waals surface area contributed by atoms with Crippen molar-refractivity contribution < 1.29 is 19.4 Å². The molecule has 4 rings (SSSR count). The van der Waals surface area contributed by atoms with Crippen LogP contribution in [0.4, 0.5) is 0 Å². The van der Waals surface area contributed by atoms with Crippen LogP contribution in [0.25, 0.3) is 0 Å². The Kier molecular flexibility index (Phi) is 5.23. The third-order valence-electron chi connectivity index (χ3n) is 6.09. The van der Waals surface area contributed by atoms with Crippen LogP contribution in [0.5, 0.6) is 5.75 Å². The number of likely N-dealkylation sites (tertiary alicyclic amines) is 1. The molecule has 0 spiro atoms. The molecule has 3 aliphatic rings. The summed E-state index contributed by atoms with van der Waals surface area (Å²) in [7, 11) is 3.15. The minimum atomic E-state index is -0.821. The van der Waals surface area contributed by atoms with Gasteiger partial charge in [0, 0.05) is 20.1 Å². The molecule has 7 heteroatoms. The molecule has 4 atom stereocenters. The van der Waals surface area contributed by atoms with Crippen molar-refractivity contribution >= 4 is 11.8 Å². The van der Waals surface area contributed by atoms with Crippen LogP contribution in [0.15, 0.2) is 36.4 Å². The Morgan fingerprint density at radius 3 is 2.36 bits per heavy atom. The fourth-order valence-electron chi connectivity index (χ4n) is 4.51. The van der Waals surface area contributed by atoms with Crippen LogP contribution in [-0.4, -0.2) is 71.2 Å². The quantitative estimate of drug-likeness (QED) is 0.623. The Morgan fingerprint density at radius 2 is 1.71 bits per heavy atom. The first-order valence-electron chi connectivity index (χ1n) is 9.88. The molecule has 28 heavy (non-hydrogen) atoms. The van der Waals surface area contributed by atoms with Crippen molar-refractivity contribution in [1.82, 2.24) is 14.9 Å². The lowest BCUT2D eigenvalue weighted by Crippen LogP contribution is -2.61. The summed E-state index contributed by atoms with van der Waals surface area (Å²) in [6.45, 7) is 1.65. The summed E-state index contributed by atoms with van der Waals surface area (Å²) in [5.74, 6) is -0.137. The molecule has 3 heterocycles. The molecule has 150 valence electrons. The third-order valence-corrected chi connectivity index (χ3v) is 6.09. The van der Waals surface area contributed by atoms with E-state index in [-0.39, 0.29) is 11.8 Å². The standard InChI is InChI=1S/C21H27N3O4/c1-22-20(26)16-10-11-17(19(25)14-6-8-15(28-2)9-7-14)24(18(16)21(22)27)23-12-4-3-5-13-23/h6-11,16-19,25H,3-5,12-13H2,1-2H3. The molecule has 1 aromatic carbocycles. The Bertz CT molecular complexity index is 772. The van der Waals surface area contributed by atoms with Gasteiger partial charge in [-0.1, -0.05) is 30.7 Å². The van der Waals surface area contributed by atoms with E-state index in [9.17, 15) is 14.7 Å². The van der Waals surface area contributed by atoms with Gasteiger partial charge < -0.3 is 9.84 Å². The number of carbonyl (C=O) groups excluding carboxylic acids is 2.